The minimum Gasteiger partial charge on any atom is -0.507 e. The maximum atomic E-state index is 9.84. The number of pyridine rings is 1. The van der Waals surface area contributed by atoms with E-state index in [0.717, 1.165) is 0 Å². The predicted molar refractivity (Wildman–Crippen MR) is 69.0 cm³/mol. The lowest BCUT2D eigenvalue weighted by Crippen LogP contribution is -1.89. The standard InChI is InChI=1S/C13H9ClN2O2/c14-12-11-10(18)6-3-7-16(11)13(15-12)8-4-1-2-5-9(8)17/h1-7,17-18H. The molecule has 3 aromatic rings. The molecule has 0 amide bonds. The number of fused-ring (bicyclic) bond motifs is 1. The van der Waals surface area contributed by atoms with E-state index in [0.29, 0.717) is 16.9 Å². The predicted octanol–water partition coefficient (Wildman–Crippen LogP) is 3.07. The van der Waals surface area contributed by atoms with Crippen LogP contribution in [0.25, 0.3) is 16.9 Å². The van der Waals surface area contributed by atoms with Gasteiger partial charge in [0.1, 0.15) is 22.8 Å². The van der Waals surface area contributed by atoms with Gasteiger partial charge >= 0.3 is 0 Å². The van der Waals surface area contributed by atoms with Gasteiger partial charge in [0.2, 0.25) is 0 Å². The van der Waals surface area contributed by atoms with Crippen molar-refractivity contribution < 1.29 is 10.2 Å². The van der Waals surface area contributed by atoms with E-state index in [1.807, 2.05) is 0 Å². The van der Waals surface area contributed by atoms with Gasteiger partial charge in [-0.3, -0.25) is 4.40 Å². The molecule has 0 radical (unpaired) electrons. The minimum atomic E-state index is 0.0525. The van der Waals surface area contributed by atoms with Gasteiger partial charge in [0.05, 0.1) is 5.56 Å². The van der Waals surface area contributed by atoms with E-state index in [-0.39, 0.29) is 16.7 Å². The number of rotatable bonds is 1. The zero-order chi connectivity index (χ0) is 12.7. The molecule has 5 heteroatoms. The summed E-state index contributed by atoms with van der Waals surface area (Å²) in [6.45, 7) is 0. The Bertz CT molecular complexity index is 737. The lowest BCUT2D eigenvalue weighted by molar-refractivity contribution is 0.476. The van der Waals surface area contributed by atoms with Crippen LogP contribution in [0.15, 0.2) is 42.6 Å². The van der Waals surface area contributed by atoms with Crippen LogP contribution in [0.3, 0.4) is 0 Å². The van der Waals surface area contributed by atoms with Crippen LogP contribution in [-0.2, 0) is 0 Å². The number of hydrogen-bond donors (Lipinski definition) is 2. The van der Waals surface area contributed by atoms with Crippen LogP contribution in [0, 0.1) is 0 Å². The van der Waals surface area contributed by atoms with Gasteiger partial charge in [-0.15, -0.1) is 0 Å². The molecule has 3 rings (SSSR count). The van der Waals surface area contributed by atoms with Crippen LogP contribution in [0.4, 0.5) is 0 Å². The molecule has 0 saturated heterocycles. The van der Waals surface area contributed by atoms with Crippen LogP contribution in [0.1, 0.15) is 0 Å². The third-order valence-corrected chi connectivity index (χ3v) is 3.01. The maximum Gasteiger partial charge on any atom is 0.159 e. The number of nitrogens with zero attached hydrogens (tertiary/aromatic N) is 2. The summed E-state index contributed by atoms with van der Waals surface area (Å²) in [4.78, 5) is 4.19. The first-order chi connectivity index (χ1) is 8.68. The maximum absolute atomic E-state index is 9.84. The zero-order valence-corrected chi connectivity index (χ0v) is 9.96. The highest BCUT2D eigenvalue weighted by molar-refractivity contribution is 6.33. The quantitative estimate of drug-likeness (QED) is 0.707. The second-order valence-corrected chi connectivity index (χ2v) is 4.21. The van der Waals surface area contributed by atoms with E-state index >= 15 is 0 Å². The summed E-state index contributed by atoms with van der Waals surface area (Å²) in [6.07, 6.45) is 1.73. The number of phenolic OH excluding ortho intramolecular Hbond substituents is 1. The van der Waals surface area contributed by atoms with Crippen molar-refractivity contribution in [1.29, 1.82) is 0 Å². The average Bonchev–Trinajstić information content (AvgIpc) is 2.69. The molecule has 0 atom stereocenters. The van der Waals surface area contributed by atoms with Crippen LogP contribution < -0.4 is 0 Å². The average molecular weight is 261 g/mol. The van der Waals surface area contributed by atoms with E-state index in [1.54, 1.807) is 40.9 Å². The Hall–Kier alpha value is -2.20. The normalized spacial score (nSPS) is 10.9. The molecule has 0 aliphatic heterocycles. The molecule has 0 saturated carbocycles. The number of aromatic nitrogens is 2. The van der Waals surface area contributed by atoms with Crippen LogP contribution >= 0.6 is 11.6 Å². The molecular formula is C13H9ClN2O2. The van der Waals surface area contributed by atoms with E-state index in [9.17, 15) is 10.2 Å². The first kappa shape index (κ1) is 10.9. The molecule has 0 bridgehead atoms. The van der Waals surface area contributed by atoms with Crippen LogP contribution in [0.5, 0.6) is 11.5 Å². The molecule has 0 aliphatic rings. The van der Waals surface area contributed by atoms with Crippen molar-refractivity contribution in [2.24, 2.45) is 0 Å². The Kier molecular flexibility index (Phi) is 2.38. The number of halogens is 1. The lowest BCUT2D eigenvalue weighted by atomic mass is 10.2. The van der Waals surface area contributed by atoms with Gasteiger partial charge in [-0.05, 0) is 24.3 Å². The Morgan fingerprint density at radius 2 is 1.72 bits per heavy atom. The molecule has 18 heavy (non-hydrogen) atoms. The molecule has 0 aliphatic carbocycles. The molecule has 4 nitrogen and oxygen atoms in total. The Balaban J connectivity index is 2.38. The van der Waals surface area contributed by atoms with E-state index in [1.165, 1.54) is 6.07 Å². The van der Waals surface area contributed by atoms with Crippen molar-refractivity contribution in [3.63, 3.8) is 0 Å². The molecule has 2 aromatic heterocycles. The molecule has 1 aromatic carbocycles. The van der Waals surface area contributed by atoms with Gasteiger partial charge in [-0.1, -0.05) is 23.7 Å². The van der Waals surface area contributed by atoms with Crippen LogP contribution in [0.2, 0.25) is 5.15 Å². The smallest absolute Gasteiger partial charge is 0.159 e. The van der Waals surface area contributed by atoms with Crippen LogP contribution in [-0.4, -0.2) is 19.6 Å². The Labute approximate surface area is 108 Å². The van der Waals surface area contributed by atoms with Crippen molar-refractivity contribution in [2.75, 3.05) is 0 Å². The van der Waals surface area contributed by atoms with Gasteiger partial charge in [0.15, 0.2) is 5.15 Å². The van der Waals surface area contributed by atoms with Crippen molar-refractivity contribution in [2.45, 2.75) is 0 Å². The third-order valence-electron chi connectivity index (χ3n) is 2.75. The summed E-state index contributed by atoms with van der Waals surface area (Å²) < 4.78 is 1.65. The zero-order valence-electron chi connectivity index (χ0n) is 9.21. The highest BCUT2D eigenvalue weighted by Crippen LogP contribution is 2.34. The second kappa shape index (κ2) is 3.92. The van der Waals surface area contributed by atoms with E-state index < -0.39 is 0 Å². The fourth-order valence-electron chi connectivity index (χ4n) is 1.93. The van der Waals surface area contributed by atoms with Crippen molar-refractivity contribution in [3.8, 4) is 22.9 Å². The topological polar surface area (TPSA) is 57.8 Å². The third kappa shape index (κ3) is 1.50. The summed E-state index contributed by atoms with van der Waals surface area (Å²) >= 11 is 6.01. The molecule has 0 fully saturated rings. The minimum absolute atomic E-state index is 0.0525. The second-order valence-electron chi connectivity index (χ2n) is 3.86. The number of aromatic hydroxyl groups is 2. The summed E-state index contributed by atoms with van der Waals surface area (Å²) in [5, 5.41) is 19.8. The number of imidazole rings is 1. The van der Waals surface area contributed by atoms with Gasteiger partial charge < -0.3 is 10.2 Å². The van der Waals surface area contributed by atoms with Crippen molar-refractivity contribution in [3.05, 3.63) is 47.7 Å². The highest BCUT2D eigenvalue weighted by atomic mass is 35.5. The fraction of sp³-hybridized carbons (Fsp3) is 0. The number of phenols is 1. The number of benzene rings is 1. The van der Waals surface area contributed by atoms with Gasteiger partial charge in [0, 0.05) is 6.20 Å². The summed E-state index contributed by atoms with van der Waals surface area (Å²) in [6, 6.07) is 10.1. The van der Waals surface area contributed by atoms with Crippen molar-refractivity contribution in [1.82, 2.24) is 9.38 Å². The largest absolute Gasteiger partial charge is 0.507 e. The highest BCUT2D eigenvalue weighted by Gasteiger charge is 2.15. The fourth-order valence-corrected chi connectivity index (χ4v) is 2.20. The molecule has 2 heterocycles. The molecule has 2 N–H and O–H groups in total. The number of para-hydroxylation sites is 1. The summed E-state index contributed by atoms with van der Waals surface area (Å²) in [5.41, 5.74) is 0.988. The van der Waals surface area contributed by atoms with E-state index in [4.69, 9.17) is 11.6 Å². The first-order valence-corrected chi connectivity index (χ1v) is 5.70. The Morgan fingerprint density at radius 3 is 2.50 bits per heavy atom. The van der Waals surface area contributed by atoms with Gasteiger partial charge in [-0.25, -0.2) is 4.98 Å². The summed E-state index contributed by atoms with van der Waals surface area (Å²) in [7, 11) is 0. The SMILES string of the molecule is Oc1ccccc1-c1nc(Cl)c2c(O)cccn12. The van der Waals surface area contributed by atoms with E-state index in [2.05, 4.69) is 4.98 Å². The molecular weight excluding hydrogens is 252 g/mol. The monoisotopic (exact) mass is 260 g/mol. The molecule has 90 valence electrons. The molecule has 0 unspecified atom stereocenters. The lowest BCUT2D eigenvalue weighted by Gasteiger charge is -2.03. The first-order valence-electron chi connectivity index (χ1n) is 5.32. The van der Waals surface area contributed by atoms with Gasteiger partial charge in [-0.2, -0.15) is 0 Å². The Morgan fingerprint density at radius 1 is 1.00 bits per heavy atom. The van der Waals surface area contributed by atoms with Gasteiger partial charge in [0.25, 0.3) is 0 Å². The summed E-state index contributed by atoms with van der Waals surface area (Å²) in [5.74, 6) is 0.657. The molecule has 0 spiro atoms. The van der Waals surface area contributed by atoms with Crippen molar-refractivity contribution >= 4 is 17.1 Å². The number of hydrogen-bond acceptors (Lipinski definition) is 3.